The zero-order valence-electron chi connectivity index (χ0n) is 10.9. The largest absolute Gasteiger partial charge is 0.417 e. The molecule has 1 aromatic rings. The molecule has 0 saturated heterocycles. The van der Waals surface area contributed by atoms with Gasteiger partial charge in [-0.1, -0.05) is 29.3 Å². The van der Waals surface area contributed by atoms with Gasteiger partial charge in [-0.3, -0.25) is 4.79 Å². The van der Waals surface area contributed by atoms with Crippen LogP contribution in [0, 0.1) is 5.92 Å². The summed E-state index contributed by atoms with van der Waals surface area (Å²) in [6, 6.07) is 3.61. The molecule has 0 heterocycles. The van der Waals surface area contributed by atoms with Crippen LogP contribution in [0.2, 0.25) is 0 Å². The first kappa shape index (κ1) is 15.4. The summed E-state index contributed by atoms with van der Waals surface area (Å²) in [6.07, 6.45) is -1.67. The molecule has 2 nitrogen and oxygen atoms in total. The topological polar surface area (TPSA) is 29.1 Å². The molecule has 0 aliphatic heterocycles. The third-order valence-electron chi connectivity index (χ3n) is 3.43. The van der Waals surface area contributed by atoms with Crippen LogP contribution < -0.4 is 5.32 Å². The minimum Gasteiger partial charge on any atom is -0.349 e. The molecule has 1 N–H and O–H groups in total. The van der Waals surface area contributed by atoms with Crippen LogP contribution >= 0.6 is 15.9 Å². The monoisotopic (exact) mass is 349 g/mol. The second-order valence-corrected chi connectivity index (χ2v) is 5.97. The number of alkyl halides is 3. The van der Waals surface area contributed by atoms with Gasteiger partial charge in [0.1, 0.15) is 0 Å². The lowest BCUT2D eigenvalue weighted by Gasteiger charge is -2.13. The van der Waals surface area contributed by atoms with E-state index in [0.717, 1.165) is 25.3 Å². The second kappa shape index (κ2) is 5.76. The van der Waals surface area contributed by atoms with Gasteiger partial charge in [0.25, 0.3) is 5.91 Å². The first-order valence-electron chi connectivity index (χ1n) is 6.50. The van der Waals surface area contributed by atoms with Gasteiger partial charge in [-0.05, 0) is 37.0 Å². The summed E-state index contributed by atoms with van der Waals surface area (Å²) in [5, 5.41) is 2.68. The predicted octanol–water partition coefficient (Wildman–Crippen LogP) is 4.39. The fourth-order valence-electron chi connectivity index (χ4n) is 2.31. The Hall–Kier alpha value is -1.04. The van der Waals surface area contributed by atoms with Crippen molar-refractivity contribution >= 4 is 21.8 Å². The first-order chi connectivity index (χ1) is 9.32. The number of carbonyl (C=O) groups is 1. The summed E-state index contributed by atoms with van der Waals surface area (Å²) >= 11 is 3.00. The number of benzene rings is 1. The van der Waals surface area contributed by atoms with Crippen molar-refractivity contribution in [3.63, 3.8) is 0 Å². The minimum atomic E-state index is -4.54. The standard InChI is InChI=1S/C14H15BrF3NO/c1-2-3-8-6-12(8)19-13(20)10-5-4-9(15)7-11(10)14(16,17)18/h4-5,7-8,12H,2-3,6H2,1H3,(H,19,20). The number of amides is 1. The molecule has 2 unspecified atom stereocenters. The fourth-order valence-corrected chi connectivity index (χ4v) is 2.67. The molecule has 110 valence electrons. The van der Waals surface area contributed by atoms with Crippen molar-refractivity contribution in [2.24, 2.45) is 5.92 Å². The van der Waals surface area contributed by atoms with Gasteiger partial charge in [0, 0.05) is 10.5 Å². The Bertz CT molecular complexity index is 516. The number of hydrogen-bond acceptors (Lipinski definition) is 1. The van der Waals surface area contributed by atoms with Crippen molar-refractivity contribution in [2.75, 3.05) is 0 Å². The highest BCUT2D eigenvalue weighted by Crippen LogP contribution is 2.36. The molecule has 1 fully saturated rings. The lowest BCUT2D eigenvalue weighted by molar-refractivity contribution is -0.138. The summed E-state index contributed by atoms with van der Waals surface area (Å²) in [7, 11) is 0. The SMILES string of the molecule is CCCC1CC1NC(=O)c1ccc(Br)cc1C(F)(F)F. The van der Waals surface area contributed by atoms with Crippen molar-refractivity contribution in [3.05, 3.63) is 33.8 Å². The average molecular weight is 350 g/mol. The molecule has 2 atom stereocenters. The summed E-state index contributed by atoms with van der Waals surface area (Å²) < 4.78 is 39.1. The first-order valence-corrected chi connectivity index (χ1v) is 7.29. The van der Waals surface area contributed by atoms with E-state index in [1.165, 1.54) is 12.1 Å². The van der Waals surface area contributed by atoms with Gasteiger partial charge in [0.2, 0.25) is 0 Å². The maximum absolute atomic E-state index is 12.9. The Morgan fingerprint density at radius 3 is 2.75 bits per heavy atom. The fraction of sp³-hybridized carbons (Fsp3) is 0.500. The molecule has 0 bridgehead atoms. The lowest BCUT2D eigenvalue weighted by Crippen LogP contribution is -2.29. The van der Waals surface area contributed by atoms with Gasteiger partial charge in [-0.15, -0.1) is 0 Å². The van der Waals surface area contributed by atoms with E-state index in [4.69, 9.17) is 0 Å². The number of nitrogens with one attached hydrogen (secondary N) is 1. The Morgan fingerprint density at radius 1 is 1.45 bits per heavy atom. The molecule has 6 heteroatoms. The van der Waals surface area contributed by atoms with Gasteiger partial charge < -0.3 is 5.32 Å². The van der Waals surface area contributed by atoms with Crippen LogP contribution in [0.5, 0.6) is 0 Å². The average Bonchev–Trinajstić information content (AvgIpc) is 3.06. The molecule has 1 aliphatic carbocycles. The number of carbonyl (C=O) groups excluding carboxylic acids is 1. The molecule has 2 rings (SSSR count). The number of hydrogen-bond donors (Lipinski definition) is 1. The Morgan fingerprint density at radius 2 is 2.15 bits per heavy atom. The Balaban J connectivity index is 2.14. The molecule has 0 radical (unpaired) electrons. The highest BCUT2D eigenvalue weighted by atomic mass is 79.9. The molecule has 0 spiro atoms. The van der Waals surface area contributed by atoms with E-state index in [2.05, 4.69) is 21.2 Å². The maximum Gasteiger partial charge on any atom is 0.417 e. The van der Waals surface area contributed by atoms with Crippen molar-refractivity contribution < 1.29 is 18.0 Å². The number of rotatable bonds is 4. The summed E-state index contributed by atoms with van der Waals surface area (Å²) in [5.41, 5.74) is -1.22. The molecule has 1 saturated carbocycles. The zero-order valence-corrected chi connectivity index (χ0v) is 12.5. The highest BCUT2D eigenvalue weighted by Gasteiger charge is 2.40. The van der Waals surface area contributed by atoms with Crippen LogP contribution in [0.1, 0.15) is 42.1 Å². The van der Waals surface area contributed by atoms with Gasteiger partial charge in [-0.25, -0.2) is 0 Å². The second-order valence-electron chi connectivity index (χ2n) is 5.05. The highest BCUT2D eigenvalue weighted by molar-refractivity contribution is 9.10. The van der Waals surface area contributed by atoms with Gasteiger partial charge >= 0.3 is 6.18 Å². The molecular formula is C14H15BrF3NO. The molecule has 1 amide bonds. The van der Waals surface area contributed by atoms with Crippen LogP contribution in [0.4, 0.5) is 13.2 Å². The van der Waals surface area contributed by atoms with E-state index in [1.54, 1.807) is 0 Å². The van der Waals surface area contributed by atoms with Gasteiger partial charge in [0.15, 0.2) is 0 Å². The van der Waals surface area contributed by atoms with E-state index in [0.29, 0.717) is 10.4 Å². The Labute approximate surface area is 123 Å². The molecule has 1 aromatic carbocycles. The van der Waals surface area contributed by atoms with Crippen molar-refractivity contribution in [3.8, 4) is 0 Å². The van der Waals surface area contributed by atoms with Gasteiger partial charge in [-0.2, -0.15) is 13.2 Å². The smallest absolute Gasteiger partial charge is 0.349 e. The van der Waals surface area contributed by atoms with Crippen LogP contribution in [0.25, 0.3) is 0 Å². The molecule has 0 aromatic heterocycles. The van der Waals surface area contributed by atoms with E-state index in [-0.39, 0.29) is 11.6 Å². The molecular weight excluding hydrogens is 335 g/mol. The van der Waals surface area contributed by atoms with Crippen molar-refractivity contribution in [1.29, 1.82) is 0 Å². The van der Waals surface area contributed by atoms with Crippen LogP contribution in [-0.2, 0) is 6.18 Å². The summed E-state index contributed by atoms with van der Waals surface area (Å²) in [5.74, 6) is -0.234. The van der Waals surface area contributed by atoms with E-state index >= 15 is 0 Å². The van der Waals surface area contributed by atoms with Crippen molar-refractivity contribution in [2.45, 2.75) is 38.4 Å². The predicted molar refractivity (Wildman–Crippen MR) is 73.4 cm³/mol. The summed E-state index contributed by atoms with van der Waals surface area (Å²) in [4.78, 5) is 12.0. The van der Waals surface area contributed by atoms with Crippen LogP contribution in [-0.4, -0.2) is 11.9 Å². The summed E-state index contributed by atoms with van der Waals surface area (Å²) in [6.45, 7) is 2.05. The maximum atomic E-state index is 12.9. The van der Waals surface area contributed by atoms with Crippen LogP contribution in [0.15, 0.2) is 22.7 Å². The molecule has 20 heavy (non-hydrogen) atoms. The normalized spacial score (nSPS) is 21.6. The zero-order chi connectivity index (χ0) is 14.9. The van der Waals surface area contributed by atoms with Crippen LogP contribution in [0.3, 0.4) is 0 Å². The minimum absolute atomic E-state index is 0.0205. The van der Waals surface area contributed by atoms with E-state index in [1.807, 2.05) is 6.92 Å². The lowest BCUT2D eigenvalue weighted by atomic mass is 10.1. The Kier molecular flexibility index (Phi) is 4.42. The number of halogens is 4. The third kappa shape index (κ3) is 3.53. The van der Waals surface area contributed by atoms with E-state index in [9.17, 15) is 18.0 Å². The van der Waals surface area contributed by atoms with Gasteiger partial charge in [0.05, 0.1) is 11.1 Å². The van der Waals surface area contributed by atoms with Crippen molar-refractivity contribution in [1.82, 2.24) is 5.32 Å². The third-order valence-corrected chi connectivity index (χ3v) is 3.92. The molecule has 1 aliphatic rings. The quantitative estimate of drug-likeness (QED) is 0.858. The van der Waals surface area contributed by atoms with E-state index < -0.39 is 17.6 Å².